The second-order valence-corrected chi connectivity index (χ2v) is 16.4. The van der Waals surface area contributed by atoms with Gasteiger partial charge in [0.2, 0.25) is 0 Å². The van der Waals surface area contributed by atoms with Crippen molar-refractivity contribution in [2.24, 2.45) is 5.41 Å². The van der Waals surface area contributed by atoms with E-state index in [4.69, 9.17) is 16.1 Å². The van der Waals surface area contributed by atoms with Gasteiger partial charge < -0.3 is 25.0 Å². The molecule has 3 aromatic carbocycles. The Morgan fingerprint density at radius 3 is 2.56 bits per heavy atom. The number of sulfone groups is 1. The Hall–Kier alpha value is -4.05. The monoisotopic (exact) mass is 673 g/mol. The maximum Gasteiger partial charge on any atom is 0.319 e. The van der Waals surface area contributed by atoms with Crippen LogP contribution in [0.15, 0.2) is 36.4 Å². The normalized spacial score (nSPS) is 23.5. The summed E-state index contributed by atoms with van der Waals surface area (Å²) in [5.74, 6) is 1.17. The molecule has 1 aromatic heterocycles. The minimum atomic E-state index is -3.10. The van der Waals surface area contributed by atoms with Gasteiger partial charge in [0.15, 0.2) is 15.7 Å². The van der Waals surface area contributed by atoms with Crippen molar-refractivity contribution in [3.63, 3.8) is 0 Å². The number of aromatic nitrogens is 2. The van der Waals surface area contributed by atoms with E-state index in [0.29, 0.717) is 67.9 Å². The van der Waals surface area contributed by atoms with Crippen LogP contribution in [0.3, 0.4) is 0 Å². The van der Waals surface area contributed by atoms with Crippen LogP contribution >= 0.6 is 0 Å². The fourth-order valence-corrected chi connectivity index (χ4v) is 8.93. The second-order valence-electron chi connectivity index (χ2n) is 14.1. The third-order valence-electron chi connectivity index (χ3n) is 10.6. The molecule has 0 amide bonds. The lowest BCUT2D eigenvalue weighted by Crippen LogP contribution is -2.51. The number of benzene rings is 3. The number of hydrogen-bond donors (Lipinski definition) is 2. The van der Waals surface area contributed by atoms with Crippen LogP contribution in [0.4, 0.5) is 14.6 Å². The summed E-state index contributed by atoms with van der Waals surface area (Å²) in [6.45, 7) is 3.49. The number of anilines is 1. The van der Waals surface area contributed by atoms with E-state index in [1.165, 1.54) is 24.5 Å². The van der Waals surface area contributed by atoms with Crippen LogP contribution in [-0.4, -0.2) is 91.3 Å². The van der Waals surface area contributed by atoms with E-state index in [0.717, 1.165) is 25.7 Å². The number of piperazine rings is 1. The molecule has 4 aromatic rings. The van der Waals surface area contributed by atoms with Gasteiger partial charge in [-0.15, -0.1) is 6.42 Å². The molecular weight excluding hydrogens is 636 g/mol. The molecule has 1 aliphatic carbocycles. The lowest BCUT2D eigenvalue weighted by Gasteiger charge is -2.34. The van der Waals surface area contributed by atoms with E-state index in [9.17, 15) is 13.5 Å². The van der Waals surface area contributed by atoms with E-state index in [1.54, 1.807) is 18.2 Å². The Balaban J connectivity index is 1.19. The summed E-state index contributed by atoms with van der Waals surface area (Å²) in [4.78, 5) is 13.6. The van der Waals surface area contributed by atoms with Gasteiger partial charge in [-0.05, 0) is 68.3 Å². The van der Waals surface area contributed by atoms with E-state index in [1.807, 2.05) is 0 Å². The van der Waals surface area contributed by atoms with Crippen molar-refractivity contribution >= 4 is 37.3 Å². The molecule has 4 aliphatic rings. The Labute approximate surface area is 278 Å². The summed E-state index contributed by atoms with van der Waals surface area (Å²) in [7, 11) is -3.10. The number of nitrogens with one attached hydrogen (secondary N) is 1. The number of likely N-dealkylation sites (tertiary alicyclic amines) is 1. The first-order chi connectivity index (χ1) is 23.0. The number of ether oxygens (including phenoxy) is 1. The van der Waals surface area contributed by atoms with Crippen molar-refractivity contribution in [1.29, 1.82) is 0 Å². The molecule has 0 spiro atoms. The molecule has 48 heavy (non-hydrogen) atoms. The number of nitrogens with zero attached hydrogens (tertiary/aromatic N) is 4. The highest BCUT2D eigenvalue weighted by atomic mass is 32.2. The number of rotatable bonds is 8. The molecule has 2 N–H and O–H groups in total. The third kappa shape index (κ3) is 5.61. The maximum atomic E-state index is 16.9. The van der Waals surface area contributed by atoms with Crippen LogP contribution in [0.1, 0.15) is 37.7 Å². The number of hydrogen-bond acceptors (Lipinski definition) is 9. The molecule has 4 fully saturated rings. The summed E-state index contributed by atoms with van der Waals surface area (Å²) in [6.07, 6.45) is 11.6. The van der Waals surface area contributed by atoms with E-state index >= 15 is 8.78 Å². The van der Waals surface area contributed by atoms with Gasteiger partial charge >= 0.3 is 6.01 Å². The largest absolute Gasteiger partial charge is 0.508 e. The highest BCUT2D eigenvalue weighted by Crippen LogP contribution is 2.47. The Morgan fingerprint density at radius 1 is 1.10 bits per heavy atom. The van der Waals surface area contributed by atoms with E-state index in [-0.39, 0.29) is 56.5 Å². The minimum absolute atomic E-state index is 0.00614. The predicted molar refractivity (Wildman–Crippen MR) is 181 cm³/mol. The molecule has 8 rings (SSSR count). The molecule has 4 heterocycles. The van der Waals surface area contributed by atoms with Crippen LogP contribution < -0.4 is 15.0 Å². The summed E-state index contributed by atoms with van der Waals surface area (Å²) < 4.78 is 63.6. The number of terminal acetylenes is 1. The third-order valence-corrected chi connectivity index (χ3v) is 12.2. The highest BCUT2D eigenvalue weighted by Gasteiger charge is 2.47. The first-order valence-corrected chi connectivity index (χ1v) is 18.4. The number of phenols is 1. The van der Waals surface area contributed by atoms with Crippen LogP contribution in [-0.2, 0) is 9.84 Å². The molecule has 3 aliphatic heterocycles. The summed E-state index contributed by atoms with van der Waals surface area (Å²) in [6, 6.07) is 9.79. The quantitative estimate of drug-likeness (QED) is 0.259. The van der Waals surface area contributed by atoms with Gasteiger partial charge in [-0.3, -0.25) is 0 Å². The van der Waals surface area contributed by atoms with Gasteiger partial charge in [0.25, 0.3) is 0 Å². The summed E-state index contributed by atoms with van der Waals surface area (Å²) in [5.41, 5.74) is -0.00561. The molecule has 12 heteroatoms. The van der Waals surface area contributed by atoms with Crippen molar-refractivity contribution < 1.29 is 27.0 Å². The summed E-state index contributed by atoms with van der Waals surface area (Å²) in [5, 5.41) is 15.1. The number of halogens is 2. The fraction of sp³-hybridized carbons (Fsp3) is 0.444. The van der Waals surface area contributed by atoms with Crippen molar-refractivity contribution in [1.82, 2.24) is 20.2 Å². The lowest BCUT2D eigenvalue weighted by atomic mass is 9.93. The zero-order valence-corrected chi connectivity index (χ0v) is 27.5. The van der Waals surface area contributed by atoms with Crippen molar-refractivity contribution in [2.75, 3.05) is 50.5 Å². The van der Waals surface area contributed by atoms with Gasteiger partial charge in [-0.25, -0.2) is 17.2 Å². The molecule has 3 atom stereocenters. The molecule has 2 unspecified atom stereocenters. The highest BCUT2D eigenvalue weighted by molar-refractivity contribution is 7.91. The predicted octanol–water partition coefficient (Wildman–Crippen LogP) is 4.63. The van der Waals surface area contributed by atoms with Gasteiger partial charge in [0.05, 0.1) is 17.4 Å². The Morgan fingerprint density at radius 2 is 1.88 bits per heavy atom. The number of aromatic hydroxyl groups is 1. The maximum absolute atomic E-state index is 16.9. The summed E-state index contributed by atoms with van der Waals surface area (Å²) >= 11 is 0. The Bertz CT molecular complexity index is 2100. The van der Waals surface area contributed by atoms with Gasteiger partial charge in [-0.2, -0.15) is 9.97 Å². The fourth-order valence-electron chi connectivity index (χ4n) is 7.92. The van der Waals surface area contributed by atoms with Crippen molar-refractivity contribution in [3.8, 4) is 35.2 Å². The zero-order valence-electron chi connectivity index (χ0n) is 26.7. The average Bonchev–Trinajstić information content (AvgIpc) is 3.48. The SMILES string of the molecule is C#Cc1cccc2cc(O)cc(-c3c(F)cc4c(N5CC6CCC(C5)N6)nc(OCC5(CN6CC[C@@H](S(C)(=O)=O)C6)CC5)nc4c3F)c12. The first-order valence-electron chi connectivity index (χ1n) is 16.5. The van der Waals surface area contributed by atoms with Gasteiger partial charge in [0, 0.05) is 71.8 Å². The van der Waals surface area contributed by atoms with Crippen LogP contribution in [0.25, 0.3) is 32.8 Å². The lowest BCUT2D eigenvalue weighted by molar-refractivity contribution is 0.170. The topological polar surface area (TPSA) is 108 Å². The van der Waals surface area contributed by atoms with Crippen LogP contribution in [0, 0.1) is 29.4 Å². The second kappa shape index (κ2) is 11.5. The van der Waals surface area contributed by atoms with Crippen molar-refractivity contribution in [2.45, 2.75) is 49.4 Å². The van der Waals surface area contributed by atoms with E-state index < -0.39 is 21.5 Å². The van der Waals surface area contributed by atoms with E-state index in [2.05, 4.69) is 26.0 Å². The molecule has 3 saturated heterocycles. The number of fused-ring (bicyclic) bond motifs is 4. The molecule has 9 nitrogen and oxygen atoms in total. The molecule has 250 valence electrons. The zero-order chi connectivity index (χ0) is 33.4. The van der Waals surface area contributed by atoms with Gasteiger partial charge in [-0.1, -0.05) is 18.1 Å². The smallest absolute Gasteiger partial charge is 0.319 e. The van der Waals surface area contributed by atoms with Crippen molar-refractivity contribution in [3.05, 3.63) is 53.6 Å². The number of phenolic OH excluding ortho intramolecular Hbond substituents is 1. The van der Waals surface area contributed by atoms with Crippen LogP contribution in [0.2, 0.25) is 0 Å². The Kier molecular flexibility index (Phi) is 7.50. The van der Waals surface area contributed by atoms with Crippen LogP contribution in [0.5, 0.6) is 11.8 Å². The molecule has 1 saturated carbocycles. The molecular formula is C36H37F2N5O4S. The minimum Gasteiger partial charge on any atom is -0.508 e. The standard InChI is InChI=1S/C36H37F2N5O4S/c1-3-21-5-4-6-22-13-25(44)14-27(30(21)22)31-29(37)15-28-33(32(31)38)40-35(41-34(28)43-16-23-7-8-24(17-43)39-23)47-20-36(10-11-36)19-42-12-9-26(18-42)48(2,45)46/h1,4-6,13-15,23-24,26,39,44H,7-12,16-20H2,2H3/t23?,24?,26-/m1/s1. The van der Waals surface area contributed by atoms with Gasteiger partial charge in [0.1, 0.15) is 22.9 Å². The molecule has 2 bridgehead atoms. The first kappa shape index (κ1) is 31.2. The molecule has 0 radical (unpaired) electrons. The average molecular weight is 674 g/mol.